The van der Waals surface area contributed by atoms with Crippen LogP contribution in [0.1, 0.15) is 30.7 Å². The highest BCUT2D eigenvalue weighted by molar-refractivity contribution is 5.81. The lowest BCUT2D eigenvalue weighted by molar-refractivity contribution is -0.134. The van der Waals surface area contributed by atoms with Crippen molar-refractivity contribution in [3.63, 3.8) is 0 Å². The second-order valence-corrected chi connectivity index (χ2v) is 6.18. The lowest BCUT2D eigenvalue weighted by atomic mass is 9.76. The molecule has 0 N–H and O–H groups in total. The molecule has 2 heterocycles. The van der Waals surface area contributed by atoms with Crippen molar-refractivity contribution < 1.29 is 9.53 Å². The Hall–Kier alpha value is -1.61. The summed E-state index contributed by atoms with van der Waals surface area (Å²) < 4.78 is 4.75. The van der Waals surface area contributed by atoms with E-state index in [1.807, 2.05) is 0 Å². The van der Waals surface area contributed by atoms with Crippen LogP contribution in [0.3, 0.4) is 0 Å². The van der Waals surface area contributed by atoms with E-state index in [0.29, 0.717) is 23.9 Å². The molecule has 3 rings (SSSR count). The molecular formula is C18H23NO2. The van der Waals surface area contributed by atoms with E-state index in [1.54, 1.807) is 6.08 Å². The fourth-order valence-electron chi connectivity index (χ4n) is 4.09. The molecular weight excluding hydrogens is 262 g/mol. The first-order valence-electron chi connectivity index (χ1n) is 7.73. The second-order valence-electron chi connectivity index (χ2n) is 6.18. The Morgan fingerprint density at radius 1 is 1.29 bits per heavy atom. The number of carbonyl (C=O) groups excluding carboxylic acids is 1. The summed E-state index contributed by atoms with van der Waals surface area (Å²) in [6.45, 7) is 0. The average Bonchev–Trinajstić information content (AvgIpc) is 2.77. The van der Waals surface area contributed by atoms with Crippen LogP contribution >= 0.6 is 0 Å². The highest BCUT2D eigenvalue weighted by Gasteiger charge is 2.44. The highest BCUT2D eigenvalue weighted by Crippen LogP contribution is 2.46. The molecule has 3 nitrogen and oxygen atoms in total. The maximum absolute atomic E-state index is 11.5. The van der Waals surface area contributed by atoms with Gasteiger partial charge in [0.25, 0.3) is 0 Å². The number of nitrogens with zero attached hydrogens (tertiary/aromatic N) is 1. The Bertz CT molecular complexity index is 525. The van der Waals surface area contributed by atoms with Gasteiger partial charge in [0.05, 0.1) is 7.11 Å². The third-order valence-electron chi connectivity index (χ3n) is 5.21. The average molecular weight is 285 g/mol. The standard InChI is InChI=1S/C18H23NO2/c1-19-14-8-10-17(19)15(9-11-18(20)21-2)16(12-14)13-6-4-3-5-7-13/h3-7,9,11,14-17H,8,10,12H2,1-2H3/b11-9+/t14-,15?,16-,17?/m1/s1. The van der Waals surface area contributed by atoms with Gasteiger partial charge in [0, 0.05) is 18.2 Å². The van der Waals surface area contributed by atoms with Crippen LogP contribution < -0.4 is 0 Å². The van der Waals surface area contributed by atoms with E-state index in [9.17, 15) is 4.79 Å². The normalized spacial score (nSPS) is 32.5. The van der Waals surface area contributed by atoms with Crippen molar-refractivity contribution in [1.29, 1.82) is 0 Å². The Balaban J connectivity index is 1.89. The number of hydrogen-bond donors (Lipinski definition) is 0. The number of hydrogen-bond acceptors (Lipinski definition) is 3. The molecule has 0 aromatic heterocycles. The molecule has 0 radical (unpaired) electrons. The van der Waals surface area contributed by atoms with Gasteiger partial charge in [-0.2, -0.15) is 0 Å². The van der Waals surface area contributed by atoms with Crippen molar-refractivity contribution in [3.05, 3.63) is 48.0 Å². The first-order valence-corrected chi connectivity index (χ1v) is 7.73. The summed E-state index contributed by atoms with van der Waals surface area (Å²) in [5.41, 5.74) is 1.39. The molecule has 21 heavy (non-hydrogen) atoms. The summed E-state index contributed by atoms with van der Waals surface area (Å²) in [4.78, 5) is 14.0. The molecule has 2 saturated heterocycles. The van der Waals surface area contributed by atoms with E-state index in [4.69, 9.17) is 4.74 Å². The third-order valence-corrected chi connectivity index (χ3v) is 5.21. The van der Waals surface area contributed by atoms with E-state index in [-0.39, 0.29) is 5.97 Å². The zero-order chi connectivity index (χ0) is 14.8. The maximum atomic E-state index is 11.5. The van der Waals surface area contributed by atoms with E-state index in [0.717, 1.165) is 0 Å². The number of methoxy groups -OCH3 is 1. The fourth-order valence-corrected chi connectivity index (χ4v) is 4.09. The van der Waals surface area contributed by atoms with Crippen molar-refractivity contribution in [2.24, 2.45) is 5.92 Å². The molecule has 0 saturated carbocycles. The second kappa shape index (κ2) is 6.02. The zero-order valence-corrected chi connectivity index (χ0v) is 12.7. The Labute approximate surface area is 126 Å². The van der Waals surface area contributed by atoms with Crippen LogP contribution in [0.2, 0.25) is 0 Å². The van der Waals surface area contributed by atoms with Gasteiger partial charge in [0.2, 0.25) is 0 Å². The minimum atomic E-state index is -0.260. The quantitative estimate of drug-likeness (QED) is 0.631. The molecule has 0 aliphatic carbocycles. The van der Waals surface area contributed by atoms with Crippen LogP contribution in [-0.2, 0) is 9.53 Å². The predicted molar refractivity (Wildman–Crippen MR) is 83.0 cm³/mol. The monoisotopic (exact) mass is 285 g/mol. The van der Waals surface area contributed by atoms with Gasteiger partial charge in [-0.25, -0.2) is 4.79 Å². The molecule has 1 aromatic rings. The van der Waals surface area contributed by atoms with Gasteiger partial charge in [0.1, 0.15) is 0 Å². The first kappa shape index (κ1) is 14.3. The van der Waals surface area contributed by atoms with Crippen LogP contribution in [0.5, 0.6) is 0 Å². The Morgan fingerprint density at radius 2 is 2.05 bits per heavy atom. The van der Waals surface area contributed by atoms with E-state index >= 15 is 0 Å². The van der Waals surface area contributed by atoms with Crippen LogP contribution in [0.15, 0.2) is 42.5 Å². The molecule has 3 heteroatoms. The summed E-state index contributed by atoms with van der Waals surface area (Å²) >= 11 is 0. The molecule has 0 spiro atoms. The van der Waals surface area contributed by atoms with Gasteiger partial charge < -0.3 is 4.74 Å². The van der Waals surface area contributed by atoms with Crippen molar-refractivity contribution in [2.75, 3.05) is 14.2 Å². The lowest BCUT2D eigenvalue weighted by Gasteiger charge is -2.42. The fraction of sp³-hybridized carbons (Fsp3) is 0.500. The molecule has 0 amide bonds. The van der Waals surface area contributed by atoms with Gasteiger partial charge in [-0.15, -0.1) is 0 Å². The van der Waals surface area contributed by atoms with Crippen LogP contribution in [-0.4, -0.2) is 37.1 Å². The smallest absolute Gasteiger partial charge is 0.330 e. The molecule has 1 aromatic carbocycles. The van der Waals surface area contributed by atoms with E-state index < -0.39 is 0 Å². The SMILES string of the molecule is COC(=O)/C=C/C1C2CC[C@H](C[C@@H]1c1ccccc1)N2C. The minimum Gasteiger partial charge on any atom is -0.466 e. The van der Waals surface area contributed by atoms with Gasteiger partial charge in [0.15, 0.2) is 0 Å². The van der Waals surface area contributed by atoms with Crippen molar-refractivity contribution in [2.45, 2.75) is 37.3 Å². The predicted octanol–water partition coefficient (Wildman–Crippen LogP) is 2.98. The lowest BCUT2D eigenvalue weighted by Crippen LogP contribution is -2.45. The van der Waals surface area contributed by atoms with Crippen LogP contribution in [0, 0.1) is 5.92 Å². The summed E-state index contributed by atoms with van der Waals surface area (Å²) in [5, 5.41) is 0. The number of rotatable bonds is 3. The maximum Gasteiger partial charge on any atom is 0.330 e. The van der Waals surface area contributed by atoms with Crippen molar-refractivity contribution in [1.82, 2.24) is 4.90 Å². The highest BCUT2D eigenvalue weighted by atomic mass is 16.5. The van der Waals surface area contributed by atoms with Gasteiger partial charge in [-0.05, 0) is 43.7 Å². The number of ether oxygens (including phenoxy) is 1. The van der Waals surface area contributed by atoms with Crippen molar-refractivity contribution in [3.8, 4) is 0 Å². The van der Waals surface area contributed by atoms with Crippen LogP contribution in [0.25, 0.3) is 0 Å². The number of benzene rings is 1. The molecule has 4 atom stereocenters. The molecule has 2 aliphatic heterocycles. The number of esters is 1. The topological polar surface area (TPSA) is 29.5 Å². The van der Waals surface area contributed by atoms with Gasteiger partial charge in [-0.1, -0.05) is 36.4 Å². The van der Waals surface area contributed by atoms with E-state index in [2.05, 4.69) is 48.4 Å². The van der Waals surface area contributed by atoms with E-state index in [1.165, 1.54) is 31.9 Å². The summed E-state index contributed by atoms with van der Waals surface area (Å²) in [6.07, 6.45) is 7.35. The zero-order valence-electron chi connectivity index (χ0n) is 12.7. The summed E-state index contributed by atoms with van der Waals surface area (Å²) in [6, 6.07) is 11.9. The number of fused-ring (bicyclic) bond motifs is 2. The first-order chi connectivity index (χ1) is 10.2. The Morgan fingerprint density at radius 3 is 2.76 bits per heavy atom. The van der Waals surface area contributed by atoms with Crippen molar-refractivity contribution >= 4 is 5.97 Å². The number of carbonyl (C=O) groups is 1. The molecule has 2 unspecified atom stereocenters. The summed E-state index contributed by atoms with van der Waals surface area (Å²) in [5.74, 6) is 0.626. The Kier molecular flexibility index (Phi) is 4.11. The number of piperidine rings is 1. The largest absolute Gasteiger partial charge is 0.466 e. The molecule has 2 bridgehead atoms. The van der Waals surface area contributed by atoms with Crippen LogP contribution in [0.4, 0.5) is 0 Å². The van der Waals surface area contributed by atoms with Gasteiger partial charge >= 0.3 is 5.97 Å². The minimum absolute atomic E-state index is 0.260. The van der Waals surface area contributed by atoms with Gasteiger partial charge in [-0.3, -0.25) is 4.90 Å². The molecule has 112 valence electrons. The summed E-state index contributed by atoms with van der Waals surface area (Å²) in [7, 11) is 3.66. The molecule has 2 aliphatic rings. The molecule has 2 fully saturated rings. The third kappa shape index (κ3) is 2.75.